The van der Waals surface area contributed by atoms with Crippen molar-refractivity contribution in [2.75, 3.05) is 0 Å². The van der Waals surface area contributed by atoms with Crippen LogP contribution in [0.4, 0.5) is 4.39 Å². The van der Waals surface area contributed by atoms with Crippen LogP contribution in [0.5, 0.6) is 0 Å². The molecule has 2 nitrogen and oxygen atoms in total. The van der Waals surface area contributed by atoms with Gasteiger partial charge in [-0.1, -0.05) is 6.07 Å². The molecule has 0 spiro atoms. The molecule has 0 saturated heterocycles. The molecule has 1 aliphatic rings. The van der Waals surface area contributed by atoms with Crippen molar-refractivity contribution >= 4 is 5.78 Å². The molecule has 1 saturated carbocycles. The van der Waals surface area contributed by atoms with E-state index >= 15 is 0 Å². The number of ketones is 1. The fourth-order valence-electron chi connectivity index (χ4n) is 2.60. The van der Waals surface area contributed by atoms with E-state index in [4.69, 9.17) is 5.73 Å². The highest BCUT2D eigenvalue weighted by molar-refractivity contribution is 5.83. The van der Waals surface area contributed by atoms with Gasteiger partial charge in [0, 0.05) is 18.4 Å². The minimum absolute atomic E-state index is 0.118. The number of nitrogens with two attached hydrogens (primary N) is 1. The highest BCUT2D eigenvalue weighted by Crippen LogP contribution is 2.25. The first-order valence-electron chi connectivity index (χ1n) is 6.59. The standard InChI is InChI=1S/C15H20FNO/c1-10-2-5-13(16)8-12(10)9-15(18)11-3-6-14(17)7-4-11/h2,5,8,11,14H,3-4,6-7,9,17H2,1H3. The number of carbonyl (C=O) groups is 1. The Morgan fingerprint density at radius 1 is 1.33 bits per heavy atom. The molecule has 0 radical (unpaired) electrons. The van der Waals surface area contributed by atoms with Crippen molar-refractivity contribution in [3.05, 3.63) is 35.1 Å². The van der Waals surface area contributed by atoms with E-state index in [9.17, 15) is 9.18 Å². The van der Waals surface area contributed by atoms with Crippen LogP contribution in [0, 0.1) is 18.7 Å². The predicted octanol–water partition coefficient (Wildman–Crippen LogP) is 2.76. The van der Waals surface area contributed by atoms with E-state index in [2.05, 4.69) is 0 Å². The van der Waals surface area contributed by atoms with Gasteiger partial charge in [0.05, 0.1) is 0 Å². The van der Waals surface area contributed by atoms with E-state index in [1.54, 1.807) is 6.07 Å². The summed E-state index contributed by atoms with van der Waals surface area (Å²) in [5, 5.41) is 0. The number of hydrogen-bond donors (Lipinski definition) is 1. The average molecular weight is 249 g/mol. The molecule has 98 valence electrons. The van der Waals surface area contributed by atoms with E-state index < -0.39 is 0 Å². The van der Waals surface area contributed by atoms with Gasteiger partial charge < -0.3 is 5.73 Å². The van der Waals surface area contributed by atoms with Crippen LogP contribution in [0.25, 0.3) is 0 Å². The Morgan fingerprint density at radius 3 is 2.67 bits per heavy atom. The number of rotatable bonds is 3. The van der Waals surface area contributed by atoms with Crippen molar-refractivity contribution < 1.29 is 9.18 Å². The van der Waals surface area contributed by atoms with Gasteiger partial charge >= 0.3 is 0 Å². The molecule has 2 rings (SSSR count). The monoisotopic (exact) mass is 249 g/mol. The summed E-state index contributed by atoms with van der Waals surface area (Å²) < 4.78 is 13.2. The molecule has 1 fully saturated rings. The van der Waals surface area contributed by atoms with Gasteiger partial charge in [0.25, 0.3) is 0 Å². The Kier molecular flexibility index (Phi) is 4.12. The normalized spacial score (nSPS) is 23.9. The Labute approximate surface area is 107 Å². The minimum atomic E-state index is -0.269. The van der Waals surface area contributed by atoms with Crippen molar-refractivity contribution in [3.63, 3.8) is 0 Å². The molecule has 0 bridgehead atoms. The molecule has 0 aliphatic heterocycles. The van der Waals surface area contributed by atoms with Crippen LogP contribution in [0.2, 0.25) is 0 Å². The van der Waals surface area contributed by atoms with Crippen LogP contribution in [0.1, 0.15) is 36.8 Å². The Morgan fingerprint density at radius 2 is 2.00 bits per heavy atom. The van der Waals surface area contributed by atoms with Gasteiger partial charge in [-0.25, -0.2) is 4.39 Å². The second kappa shape index (κ2) is 5.61. The Balaban J connectivity index is 2.00. The smallest absolute Gasteiger partial charge is 0.140 e. The molecule has 0 aromatic heterocycles. The van der Waals surface area contributed by atoms with E-state index in [1.165, 1.54) is 12.1 Å². The number of carbonyl (C=O) groups excluding carboxylic acids is 1. The molecule has 0 atom stereocenters. The lowest BCUT2D eigenvalue weighted by Crippen LogP contribution is -2.30. The van der Waals surface area contributed by atoms with Crippen LogP contribution in [-0.4, -0.2) is 11.8 Å². The van der Waals surface area contributed by atoms with Gasteiger partial charge in [0.15, 0.2) is 0 Å². The highest BCUT2D eigenvalue weighted by atomic mass is 19.1. The molecular formula is C15H20FNO. The van der Waals surface area contributed by atoms with Crippen molar-refractivity contribution in [2.24, 2.45) is 11.7 Å². The van der Waals surface area contributed by atoms with Crippen molar-refractivity contribution in [1.82, 2.24) is 0 Å². The van der Waals surface area contributed by atoms with Crippen LogP contribution in [-0.2, 0) is 11.2 Å². The SMILES string of the molecule is Cc1ccc(F)cc1CC(=O)C1CCC(N)CC1. The Hall–Kier alpha value is -1.22. The molecule has 3 heteroatoms. The van der Waals surface area contributed by atoms with Gasteiger partial charge in [-0.05, 0) is 55.9 Å². The molecule has 0 heterocycles. The third kappa shape index (κ3) is 3.16. The fraction of sp³-hybridized carbons (Fsp3) is 0.533. The lowest BCUT2D eigenvalue weighted by atomic mass is 9.82. The summed E-state index contributed by atoms with van der Waals surface area (Å²) in [6.07, 6.45) is 3.98. The summed E-state index contributed by atoms with van der Waals surface area (Å²) >= 11 is 0. The van der Waals surface area contributed by atoms with E-state index in [0.717, 1.165) is 36.8 Å². The van der Waals surface area contributed by atoms with Crippen LogP contribution < -0.4 is 5.73 Å². The molecular weight excluding hydrogens is 229 g/mol. The zero-order valence-corrected chi connectivity index (χ0v) is 10.8. The second-order valence-electron chi connectivity index (χ2n) is 5.33. The van der Waals surface area contributed by atoms with Crippen LogP contribution in [0.3, 0.4) is 0 Å². The first-order valence-corrected chi connectivity index (χ1v) is 6.59. The highest BCUT2D eigenvalue weighted by Gasteiger charge is 2.24. The van der Waals surface area contributed by atoms with Crippen molar-refractivity contribution in [1.29, 1.82) is 0 Å². The van der Waals surface area contributed by atoms with Gasteiger partial charge in [0.2, 0.25) is 0 Å². The maximum absolute atomic E-state index is 13.2. The van der Waals surface area contributed by atoms with Crippen molar-refractivity contribution in [2.45, 2.75) is 45.1 Å². The summed E-state index contributed by atoms with van der Waals surface area (Å²) in [5.41, 5.74) is 7.63. The third-order valence-electron chi connectivity index (χ3n) is 3.90. The number of halogens is 1. The molecule has 2 N–H and O–H groups in total. The van der Waals surface area contributed by atoms with Crippen LogP contribution >= 0.6 is 0 Å². The molecule has 0 amide bonds. The van der Waals surface area contributed by atoms with E-state index in [0.29, 0.717) is 6.42 Å². The number of benzene rings is 1. The Bertz CT molecular complexity index is 436. The topological polar surface area (TPSA) is 43.1 Å². The lowest BCUT2D eigenvalue weighted by Gasteiger charge is -2.25. The summed E-state index contributed by atoms with van der Waals surface area (Å²) in [4.78, 5) is 12.2. The first kappa shape index (κ1) is 13.2. The van der Waals surface area contributed by atoms with Gasteiger partial charge in [-0.2, -0.15) is 0 Å². The predicted molar refractivity (Wildman–Crippen MR) is 69.8 cm³/mol. The summed E-state index contributed by atoms with van der Waals surface area (Å²) in [6, 6.07) is 4.89. The average Bonchev–Trinajstić information content (AvgIpc) is 2.34. The number of hydrogen-bond acceptors (Lipinski definition) is 2. The first-order chi connectivity index (χ1) is 8.56. The quantitative estimate of drug-likeness (QED) is 0.895. The maximum Gasteiger partial charge on any atom is 0.140 e. The zero-order valence-electron chi connectivity index (χ0n) is 10.8. The number of Topliss-reactive ketones (excluding diaryl/α,β-unsaturated/α-hetero) is 1. The second-order valence-corrected chi connectivity index (χ2v) is 5.33. The molecule has 1 aliphatic carbocycles. The molecule has 0 unspecified atom stereocenters. The number of aryl methyl sites for hydroxylation is 1. The summed E-state index contributed by atoms with van der Waals surface area (Å²) in [6.45, 7) is 1.92. The van der Waals surface area contributed by atoms with E-state index in [-0.39, 0.29) is 23.6 Å². The summed E-state index contributed by atoms with van der Waals surface area (Å²) in [7, 11) is 0. The maximum atomic E-state index is 13.2. The molecule has 1 aromatic carbocycles. The third-order valence-corrected chi connectivity index (χ3v) is 3.90. The zero-order chi connectivity index (χ0) is 13.1. The lowest BCUT2D eigenvalue weighted by molar-refractivity contribution is -0.123. The van der Waals surface area contributed by atoms with Crippen LogP contribution in [0.15, 0.2) is 18.2 Å². The summed E-state index contributed by atoms with van der Waals surface area (Å²) in [5.74, 6) is 0.0807. The molecule has 1 aromatic rings. The van der Waals surface area contributed by atoms with Gasteiger partial charge in [-0.3, -0.25) is 4.79 Å². The minimum Gasteiger partial charge on any atom is -0.328 e. The van der Waals surface area contributed by atoms with E-state index in [1.807, 2.05) is 6.92 Å². The molecule has 18 heavy (non-hydrogen) atoms. The fourth-order valence-corrected chi connectivity index (χ4v) is 2.60. The van der Waals surface area contributed by atoms with Gasteiger partial charge in [-0.15, -0.1) is 0 Å². The van der Waals surface area contributed by atoms with Crippen molar-refractivity contribution in [3.8, 4) is 0 Å². The van der Waals surface area contributed by atoms with Gasteiger partial charge in [0.1, 0.15) is 11.6 Å². The largest absolute Gasteiger partial charge is 0.328 e.